The molecule has 2 heterocycles. The van der Waals surface area contributed by atoms with Crippen LogP contribution in [-0.2, 0) is 16.0 Å². The lowest BCUT2D eigenvalue weighted by Gasteiger charge is -2.15. The molecule has 126 valence electrons. The fourth-order valence-corrected chi connectivity index (χ4v) is 2.30. The van der Waals surface area contributed by atoms with Crippen molar-refractivity contribution in [2.24, 2.45) is 0 Å². The Morgan fingerprint density at radius 3 is 2.96 bits per heavy atom. The fourth-order valence-electron chi connectivity index (χ4n) is 2.30. The second kappa shape index (κ2) is 7.89. The van der Waals surface area contributed by atoms with Crippen molar-refractivity contribution in [3.63, 3.8) is 0 Å². The van der Waals surface area contributed by atoms with Crippen LogP contribution in [-0.4, -0.2) is 59.4 Å². The Kier molecular flexibility index (Phi) is 5.89. The van der Waals surface area contributed by atoms with Crippen LogP contribution in [0.15, 0.2) is 17.1 Å². The predicted molar refractivity (Wildman–Crippen MR) is 84.6 cm³/mol. The Morgan fingerprint density at radius 2 is 2.26 bits per heavy atom. The highest BCUT2D eigenvalue weighted by molar-refractivity contribution is 5.95. The molecule has 0 aliphatic carbocycles. The van der Waals surface area contributed by atoms with Crippen LogP contribution in [0.1, 0.15) is 29.4 Å². The van der Waals surface area contributed by atoms with E-state index in [0.29, 0.717) is 18.8 Å². The topological polar surface area (TPSA) is 88.9 Å². The lowest BCUT2D eigenvalue weighted by Crippen LogP contribution is -2.23. The van der Waals surface area contributed by atoms with E-state index >= 15 is 0 Å². The first-order valence-electron chi connectivity index (χ1n) is 7.51. The first-order valence-corrected chi connectivity index (χ1v) is 7.51. The maximum atomic E-state index is 12.1. The fraction of sp³-hybridized carbons (Fsp3) is 0.533. The lowest BCUT2D eigenvalue weighted by atomic mass is 10.3. The Morgan fingerprint density at radius 1 is 1.48 bits per heavy atom. The largest absolute Gasteiger partial charge is 0.462 e. The van der Waals surface area contributed by atoms with Crippen molar-refractivity contribution in [1.29, 1.82) is 0 Å². The number of carbonyl (C=O) groups is 1. The molecule has 0 aliphatic heterocycles. The number of H-pyrrole nitrogens is 1. The quantitative estimate of drug-likeness (QED) is 0.567. The molecule has 2 aromatic rings. The Bertz CT molecular complexity index is 722. The maximum absolute atomic E-state index is 12.1. The smallest absolute Gasteiger partial charge is 0.343 e. The van der Waals surface area contributed by atoms with Crippen molar-refractivity contribution in [1.82, 2.24) is 19.5 Å². The second-order valence-electron chi connectivity index (χ2n) is 5.24. The summed E-state index contributed by atoms with van der Waals surface area (Å²) >= 11 is 0. The molecule has 2 aromatic heterocycles. The third kappa shape index (κ3) is 4.17. The van der Waals surface area contributed by atoms with Crippen LogP contribution in [0.5, 0.6) is 0 Å². The highest BCUT2D eigenvalue weighted by Crippen LogP contribution is 2.09. The van der Waals surface area contributed by atoms with E-state index in [9.17, 15) is 9.59 Å². The normalized spacial score (nSPS) is 11.3. The molecule has 1 N–H and O–H groups in total. The minimum atomic E-state index is -0.497. The third-order valence-electron chi connectivity index (χ3n) is 3.37. The molecule has 0 saturated heterocycles. The number of methoxy groups -OCH3 is 1. The summed E-state index contributed by atoms with van der Waals surface area (Å²) in [5.41, 5.74) is 0.898. The van der Waals surface area contributed by atoms with Gasteiger partial charge in [0.2, 0.25) is 0 Å². The summed E-state index contributed by atoms with van der Waals surface area (Å²) in [5.74, 6) is -0.497. The van der Waals surface area contributed by atoms with Gasteiger partial charge in [-0.3, -0.25) is 9.89 Å². The van der Waals surface area contributed by atoms with Crippen LogP contribution in [0.3, 0.4) is 0 Å². The highest BCUT2D eigenvalue weighted by atomic mass is 16.5. The van der Waals surface area contributed by atoms with Gasteiger partial charge < -0.3 is 14.4 Å². The van der Waals surface area contributed by atoms with E-state index in [1.807, 2.05) is 11.9 Å². The van der Waals surface area contributed by atoms with Crippen molar-refractivity contribution < 1.29 is 14.3 Å². The number of nitrogens with one attached hydrogen (secondary N) is 1. The number of rotatable bonds is 8. The zero-order valence-corrected chi connectivity index (χ0v) is 13.7. The van der Waals surface area contributed by atoms with Gasteiger partial charge in [0.05, 0.1) is 12.3 Å². The summed E-state index contributed by atoms with van der Waals surface area (Å²) in [5, 5.41) is 2.73. The second-order valence-corrected chi connectivity index (χ2v) is 5.24. The lowest BCUT2D eigenvalue weighted by molar-refractivity contribution is 0.0528. The molecular formula is C15H22N4O4. The molecule has 0 atom stereocenters. The zero-order chi connectivity index (χ0) is 16.8. The van der Waals surface area contributed by atoms with E-state index in [2.05, 4.69) is 10.1 Å². The average molecular weight is 322 g/mol. The number of fused-ring (bicyclic) bond motifs is 1. The standard InChI is InChI=1S/C15H22N4O4/c1-4-23-15(21)12-9-16-19-13(20)8-11(17-14(12)19)10-18(2)6-5-7-22-3/h8-9,16H,4-7,10H2,1-3H3. The van der Waals surface area contributed by atoms with Gasteiger partial charge in [-0.1, -0.05) is 0 Å². The number of esters is 1. The molecule has 0 saturated carbocycles. The van der Waals surface area contributed by atoms with Gasteiger partial charge in [-0.15, -0.1) is 0 Å². The van der Waals surface area contributed by atoms with Gasteiger partial charge in [0.1, 0.15) is 5.56 Å². The van der Waals surface area contributed by atoms with E-state index in [0.717, 1.165) is 13.0 Å². The molecule has 0 amide bonds. The molecular weight excluding hydrogens is 300 g/mol. The van der Waals surface area contributed by atoms with Crippen molar-refractivity contribution in [2.75, 3.05) is 33.9 Å². The summed E-state index contributed by atoms with van der Waals surface area (Å²) in [6.45, 7) is 4.02. The Balaban J connectivity index is 2.23. The minimum absolute atomic E-state index is 0.257. The van der Waals surface area contributed by atoms with Crippen LogP contribution in [0.25, 0.3) is 5.65 Å². The molecule has 0 aliphatic rings. The summed E-state index contributed by atoms with van der Waals surface area (Å²) in [6.07, 6.45) is 2.33. The first-order chi connectivity index (χ1) is 11.1. The molecule has 0 radical (unpaired) electrons. The summed E-state index contributed by atoms with van der Waals surface area (Å²) in [4.78, 5) is 30.5. The number of aromatic nitrogens is 3. The van der Waals surface area contributed by atoms with Gasteiger partial charge in [-0.05, 0) is 20.4 Å². The van der Waals surface area contributed by atoms with Gasteiger partial charge >= 0.3 is 5.97 Å². The molecule has 0 unspecified atom stereocenters. The molecule has 23 heavy (non-hydrogen) atoms. The Hall–Kier alpha value is -2.19. The van der Waals surface area contributed by atoms with E-state index in [1.165, 1.54) is 16.8 Å². The zero-order valence-electron chi connectivity index (χ0n) is 13.7. The SMILES string of the molecule is CCOC(=O)c1c[nH]n2c(=O)cc(CN(C)CCCOC)nc12. The number of hydrogen-bond acceptors (Lipinski definition) is 6. The Labute approximate surface area is 134 Å². The number of nitrogens with zero attached hydrogens (tertiary/aromatic N) is 3. The van der Waals surface area contributed by atoms with Gasteiger partial charge in [-0.2, -0.15) is 0 Å². The van der Waals surface area contributed by atoms with E-state index < -0.39 is 5.97 Å². The molecule has 8 heteroatoms. The molecule has 0 spiro atoms. The third-order valence-corrected chi connectivity index (χ3v) is 3.37. The van der Waals surface area contributed by atoms with E-state index in [4.69, 9.17) is 9.47 Å². The molecule has 8 nitrogen and oxygen atoms in total. The minimum Gasteiger partial charge on any atom is -0.462 e. The summed E-state index contributed by atoms with van der Waals surface area (Å²) in [7, 11) is 3.61. The highest BCUT2D eigenvalue weighted by Gasteiger charge is 2.16. The number of aromatic amines is 1. The van der Waals surface area contributed by atoms with Crippen molar-refractivity contribution in [2.45, 2.75) is 19.9 Å². The monoisotopic (exact) mass is 322 g/mol. The van der Waals surface area contributed by atoms with Crippen LogP contribution < -0.4 is 5.56 Å². The van der Waals surface area contributed by atoms with Gasteiger partial charge in [0.25, 0.3) is 5.56 Å². The number of carbonyl (C=O) groups excluding carboxylic acids is 1. The average Bonchev–Trinajstić information content (AvgIpc) is 2.92. The maximum Gasteiger partial charge on any atom is 0.343 e. The van der Waals surface area contributed by atoms with Gasteiger partial charge in [0.15, 0.2) is 5.65 Å². The molecule has 0 bridgehead atoms. The van der Waals surface area contributed by atoms with Crippen molar-refractivity contribution in [3.05, 3.63) is 33.9 Å². The number of ether oxygens (including phenoxy) is 2. The van der Waals surface area contributed by atoms with Crippen LogP contribution in [0, 0.1) is 0 Å². The first kappa shape index (κ1) is 17.2. The summed E-state index contributed by atoms with van der Waals surface area (Å²) in [6, 6.07) is 1.46. The van der Waals surface area contributed by atoms with E-state index in [-0.39, 0.29) is 23.4 Å². The van der Waals surface area contributed by atoms with Crippen LogP contribution >= 0.6 is 0 Å². The molecule has 2 rings (SSSR count). The molecule has 0 aromatic carbocycles. The van der Waals surface area contributed by atoms with Crippen molar-refractivity contribution in [3.8, 4) is 0 Å². The summed E-state index contributed by atoms with van der Waals surface area (Å²) < 4.78 is 11.2. The predicted octanol–water partition coefficient (Wildman–Crippen LogP) is 0.668. The van der Waals surface area contributed by atoms with Crippen molar-refractivity contribution >= 4 is 11.6 Å². The van der Waals surface area contributed by atoms with Gasteiger partial charge in [0, 0.05) is 39.1 Å². The van der Waals surface area contributed by atoms with E-state index in [1.54, 1.807) is 14.0 Å². The van der Waals surface area contributed by atoms with Crippen LogP contribution in [0.4, 0.5) is 0 Å². The van der Waals surface area contributed by atoms with Crippen LogP contribution in [0.2, 0.25) is 0 Å². The number of hydrogen-bond donors (Lipinski definition) is 1. The molecule has 0 fully saturated rings. The van der Waals surface area contributed by atoms with Gasteiger partial charge in [-0.25, -0.2) is 14.3 Å².